The predicted molar refractivity (Wildman–Crippen MR) is 74.7 cm³/mol. The van der Waals surface area contributed by atoms with Gasteiger partial charge in [-0.15, -0.1) is 0 Å². The van der Waals surface area contributed by atoms with Crippen LogP contribution < -0.4 is 4.90 Å². The maximum absolute atomic E-state index is 4.47. The van der Waals surface area contributed by atoms with Gasteiger partial charge in [-0.2, -0.15) is 0 Å². The number of hydrogen-bond donors (Lipinski definition) is 0. The molecule has 0 unspecified atom stereocenters. The van der Waals surface area contributed by atoms with Crippen molar-refractivity contribution >= 4 is 5.69 Å². The molecule has 0 atom stereocenters. The summed E-state index contributed by atoms with van der Waals surface area (Å²) >= 11 is 0. The van der Waals surface area contributed by atoms with E-state index in [0.29, 0.717) is 0 Å². The third-order valence-electron chi connectivity index (χ3n) is 3.65. The summed E-state index contributed by atoms with van der Waals surface area (Å²) in [5.41, 5.74) is 6.71. The maximum Gasteiger partial charge on any atom is 0.0646 e. The van der Waals surface area contributed by atoms with Gasteiger partial charge in [0.1, 0.15) is 0 Å². The van der Waals surface area contributed by atoms with Crippen LogP contribution in [0.2, 0.25) is 0 Å². The monoisotopic (exact) mass is 238 g/mol. The normalized spacial score (nSPS) is 13.8. The fraction of sp³-hybridized carbons (Fsp3) is 0.312. The number of nitrogens with zero attached hydrogens (tertiary/aromatic N) is 2. The average molecular weight is 238 g/mol. The van der Waals surface area contributed by atoms with Crippen molar-refractivity contribution in [3.05, 3.63) is 58.9 Å². The summed E-state index contributed by atoms with van der Waals surface area (Å²) in [6.45, 7) is 6.30. The van der Waals surface area contributed by atoms with Gasteiger partial charge in [-0.05, 0) is 42.2 Å². The molecule has 1 aliphatic heterocycles. The molecule has 2 aromatic rings. The van der Waals surface area contributed by atoms with E-state index in [4.69, 9.17) is 0 Å². The van der Waals surface area contributed by atoms with Crippen molar-refractivity contribution < 1.29 is 0 Å². The molecule has 2 nitrogen and oxygen atoms in total. The van der Waals surface area contributed by atoms with Crippen LogP contribution in [0.3, 0.4) is 0 Å². The quantitative estimate of drug-likeness (QED) is 0.796. The van der Waals surface area contributed by atoms with Gasteiger partial charge in [-0.1, -0.05) is 25.1 Å². The fourth-order valence-electron chi connectivity index (χ4n) is 2.64. The second-order valence-corrected chi connectivity index (χ2v) is 4.95. The Kier molecular flexibility index (Phi) is 2.78. The van der Waals surface area contributed by atoms with Crippen LogP contribution in [0.5, 0.6) is 0 Å². The minimum Gasteiger partial charge on any atom is -0.361 e. The number of fused-ring (bicyclic) bond motifs is 1. The number of anilines is 1. The molecule has 2 heteroatoms. The topological polar surface area (TPSA) is 16.1 Å². The van der Waals surface area contributed by atoms with Crippen LogP contribution in [0.15, 0.2) is 36.5 Å². The molecule has 1 aliphatic rings. The molecule has 3 rings (SSSR count). The highest BCUT2D eigenvalue weighted by molar-refractivity contribution is 5.58. The van der Waals surface area contributed by atoms with Crippen LogP contribution in [0.4, 0.5) is 5.69 Å². The number of rotatable bonds is 2. The number of hydrogen-bond acceptors (Lipinski definition) is 2. The lowest BCUT2D eigenvalue weighted by molar-refractivity contribution is 0.858. The van der Waals surface area contributed by atoms with Crippen molar-refractivity contribution in [3.63, 3.8) is 0 Å². The maximum atomic E-state index is 4.47. The van der Waals surface area contributed by atoms with E-state index in [2.05, 4.69) is 48.0 Å². The zero-order valence-corrected chi connectivity index (χ0v) is 11.0. The second-order valence-electron chi connectivity index (χ2n) is 4.95. The molecule has 0 saturated heterocycles. The highest BCUT2D eigenvalue weighted by Gasteiger charge is 2.21. The number of benzene rings is 1. The molecule has 0 N–H and O–H groups in total. The first-order chi connectivity index (χ1) is 8.78. The highest BCUT2D eigenvalue weighted by Crippen LogP contribution is 2.30. The van der Waals surface area contributed by atoms with Crippen LogP contribution in [0.1, 0.15) is 29.3 Å². The van der Waals surface area contributed by atoms with Crippen molar-refractivity contribution in [1.82, 2.24) is 4.98 Å². The van der Waals surface area contributed by atoms with Crippen LogP contribution in [0.25, 0.3) is 0 Å². The summed E-state index contributed by atoms with van der Waals surface area (Å²) in [5, 5.41) is 0. The fourth-order valence-corrected chi connectivity index (χ4v) is 2.64. The Morgan fingerprint density at radius 3 is 2.89 bits per heavy atom. The first kappa shape index (κ1) is 11.3. The zero-order valence-electron chi connectivity index (χ0n) is 11.0. The van der Waals surface area contributed by atoms with E-state index in [1.165, 1.54) is 28.1 Å². The first-order valence-electron chi connectivity index (χ1n) is 6.55. The van der Waals surface area contributed by atoms with Gasteiger partial charge in [-0.3, -0.25) is 4.98 Å². The van der Waals surface area contributed by atoms with E-state index in [-0.39, 0.29) is 0 Å². The number of aromatic nitrogens is 1. The van der Waals surface area contributed by atoms with E-state index >= 15 is 0 Å². The molecule has 0 fully saturated rings. The summed E-state index contributed by atoms with van der Waals surface area (Å²) in [7, 11) is 0. The molecule has 0 radical (unpaired) electrons. The summed E-state index contributed by atoms with van der Waals surface area (Å²) in [6, 6.07) is 11.0. The second kappa shape index (κ2) is 4.45. The van der Waals surface area contributed by atoms with E-state index in [1.54, 1.807) is 0 Å². The van der Waals surface area contributed by atoms with Gasteiger partial charge >= 0.3 is 0 Å². The SMILES string of the molecule is CCc1ccc(C)cc1N1Cc2cccnc2C1. The molecule has 1 aromatic carbocycles. The Morgan fingerprint density at radius 2 is 2.11 bits per heavy atom. The molecule has 2 heterocycles. The van der Waals surface area contributed by atoms with Crippen molar-refractivity contribution in [2.45, 2.75) is 33.4 Å². The molecule has 0 spiro atoms. The molecule has 1 aromatic heterocycles. The minimum atomic E-state index is 0.937. The Balaban J connectivity index is 1.97. The van der Waals surface area contributed by atoms with Gasteiger partial charge in [0.05, 0.1) is 12.2 Å². The van der Waals surface area contributed by atoms with Gasteiger partial charge in [0.2, 0.25) is 0 Å². The Bertz CT molecular complexity index is 550. The van der Waals surface area contributed by atoms with Crippen LogP contribution in [-0.4, -0.2) is 4.98 Å². The molecule has 0 aliphatic carbocycles. The van der Waals surface area contributed by atoms with E-state index in [0.717, 1.165) is 19.5 Å². The number of pyridine rings is 1. The summed E-state index contributed by atoms with van der Waals surface area (Å²) in [6.07, 6.45) is 2.97. The Labute approximate surface area is 108 Å². The average Bonchev–Trinajstić information content (AvgIpc) is 2.82. The molecular formula is C16H18N2. The van der Waals surface area contributed by atoms with Crippen molar-refractivity contribution in [2.24, 2.45) is 0 Å². The smallest absolute Gasteiger partial charge is 0.0646 e. The summed E-state index contributed by atoms with van der Waals surface area (Å²) < 4.78 is 0. The third kappa shape index (κ3) is 1.88. The molecule has 0 bridgehead atoms. The van der Waals surface area contributed by atoms with E-state index in [9.17, 15) is 0 Å². The van der Waals surface area contributed by atoms with Gasteiger partial charge in [-0.25, -0.2) is 0 Å². The molecule has 92 valence electrons. The summed E-state index contributed by atoms with van der Waals surface area (Å²) in [5.74, 6) is 0. The zero-order chi connectivity index (χ0) is 12.5. The third-order valence-corrected chi connectivity index (χ3v) is 3.65. The van der Waals surface area contributed by atoms with Gasteiger partial charge in [0, 0.05) is 18.4 Å². The molecule has 0 saturated carbocycles. The Hall–Kier alpha value is -1.83. The Morgan fingerprint density at radius 1 is 1.22 bits per heavy atom. The van der Waals surface area contributed by atoms with Crippen molar-refractivity contribution in [1.29, 1.82) is 0 Å². The largest absolute Gasteiger partial charge is 0.361 e. The molecule has 18 heavy (non-hydrogen) atoms. The summed E-state index contributed by atoms with van der Waals surface area (Å²) in [4.78, 5) is 6.91. The standard InChI is InChI=1S/C16H18N2/c1-3-13-7-6-12(2)9-16(13)18-10-14-5-4-8-17-15(14)11-18/h4-9H,3,10-11H2,1-2H3. The van der Waals surface area contributed by atoms with Crippen molar-refractivity contribution in [3.8, 4) is 0 Å². The molecule has 0 amide bonds. The predicted octanol–water partition coefficient (Wildman–Crippen LogP) is 3.47. The lowest BCUT2D eigenvalue weighted by Gasteiger charge is -2.21. The van der Waals surface area contributed by atoms with E-state index in [1.807, 2.05) is 12.3 Å². The highest BCUT2D eigenvalue weighted by atomic mass is 15.2. The lowest BCUT2D eigenvalue weighted by atomic mass is 10.1. The van der Waals surface area contributed by atoms with Gasteiger partial charge in [0.15, 0.2) is 0 Å². The lowest BCUT2D eigenvalue weighted by Crippen LogP contribution is -2.16. The van der Waals surface area contributed by atoms with Crippen molar-refractivity contribution in [2.75, 3.05) is 4.90 Å². The van der Waals surface area contributed by atoms with Crippen LogP contribution in [-0.2, 0) is 19.5 Å². The minimum absolute atomic E-state index is 0.937. The van der Waals surface area contributed by atoms with Gasteiger partial charge < -0.3 is 4.90 Å². The van der Waals surface area contributed by atoms with E-state index < -0.39 is 0 Å². The number of aryl methyl sites for hydroxylation is 2. The van der Waals surface area contributed by atoms with Crippen LogP contribution in [0, 0.1) is 6.92 Å². The van der Waals surface area contributed by atoms with Gasteiger partial charge in [0.25, 0.3) is 0 Å². The molecular weight excluding hydrogens is 220 g/mol. The first-order valence-corrected chi connectivity index (χ1v) is 6.55. The van der Waals surface area contributed by atoms with Crippen LogP contribution >= 0.6 is 0 Å².